The zero-order chi connectivity index (χ0) is 20.1. The Hall–Kier alpha value is -3.19. The summed E-state index contributed by atoms with van der Waals surface area (Å²) in [5, 5.41) is 15.0. The second-order valence-electron chi connectivity index (χ2n) is 6.42. The standard InChI is InChI=1S/C21H20N2O4S/c1-13-3-6-15(7-4-13)22-19(25)10-20-23-16(12-28-20)11-27-21(26)17-8-5-14(2)9-18(17)24/h3-9,12,24H,10-11H2,1-2H3,(H,22,25). The summed E-state index contributed by atoms with van der Waals surface area (Å²) in [6, 6.07) is 12.3. The molecule has 0 aliphatic carbocycles. The van der Waals surface area contributed by atoms with Gasteiger partial charge in [-0.15, -0.1) is 11.3 Å². The molecule has 0 aliphatic rings. The first-order chi connectivity index (χ1) is 13.4. The Morgan fingerprint density at radius 1 is 1.11 bits per heavy atom. The number of carbonyl (C=O) groups excluding carboxylic acids is 2. The van der Waals surface area contributed by atoms with Gasteiger partial charge in [0.05, 0.1) is 12.1 Å². The van der Waals surface area contributed by atoms with Crippen LogP contribution in [0.4, 0.5) is 5.69 Å². The van der Waals surface area contributed by atoms with Gasteiger partial charge in [-0.2, -0.15) is 0 Å². The lowest BCUT2D eigenvalue weighted by atomic mass is 10.1. The number of phenolic OH excluding ortho intramolecular Hbond substituents is 1. The molecule has 0 bridgehead atoms. The van der Waals surface area contributed by atoms with E-state index < -0.39 is 5.97 Å². The fourth-order valence-corrected chi connectivity index (χ4v) is 3.28. The van der Waals surface area contributed by atoms with Crippen LogP contribution in [0, 0.1) is 13.8 Å². The minimum absolute atomic E-state index is 0.0256. The summed E-state index contributed by atoms with van der Waals surface area (Å²) in [5.74, 6) is -0.896. The van der Waals surface area contributed by atoms with Crippen LogP contribution < -0.4 is 5.32 Å². The van der Waals surface area contributed by atoms with Gasteiger partial charge in [-0.1, -0.05) is 23.8 Å². The first kappa shape index (κ1) is 19.6. The second kappa shape index (κ2) is 8.67. The summed E-state index contributed by atoms with van der Waals surface area (Å²) in [6.45, 7) is 3.78. The van der Waals surface area contributed by atoms with Crippen molar-refractivity contribution in [1.29, 1.82) is 0 Å². The van der Waals surface area contributed by atoms with Gasteiger partial charge in [-0.25, -0.2) is 9.78 Å². The average Bonchev–Trinajstić information content (AvgIpc) is 3.09. The van der Waals surface area contributed by atoms with Gasteiger partial charge in [0, 0.05) is 11.1 Å². The molecule has 0 saturated heterocycles. The van der Waals surface area contributed by atoms with Crippen molar-refractivity contribution in [2.45, 2.75) is 26.9 Å². The minimum atomic E-state index is -0.621. The van der Waals surface area contributed by atoms with Gasteiger partial charge in [-0.3, -0.25) is 4.79 Å². The van der Waals surface area contributed by atoms with Crippen molar-refractivity contribution in [3.05, 3.63) is 75.2 Å². The smallest absolute Gasteiger partial charge is 0.342 e. The maximum absolute atomic E-state index is 12.1. The zero-order valence-electron chi connectivity index (χ0n) is 15.6. The van der Waals surface area contributed by atoms with Gasteiger partial charge >= 0.3 is 5.97 Å². The van der Waals surface area contributed by atoms with E-state index in [1.807, 2.05) is 38.1 Å². The molecule has 0 spiro atoms. The highest BCUT2D eigenvalue weighted by Crippen LogP contribution is 2.20. The molecule has 0 fully saturated rings. The van der Waals surface area contributed by atoms with Crippen molar-refractivity contribution >= 4 is 28.9 Å². The summed E-state index contributed by atoms with van der Waals surface area (Å²) in [7, 11) is 0. The molecule has 0 aliphatic heterocycles. The molecule has 0 atom stereocenters. The Morgan fingerprint density at radius 3 is 2.54 bits per heavy atom. The highest BCUT2D eigenvalue weighted by atomic mass is 32.1. The first-order valence-electron chi connectivity index (χ1n) is 8.67. The number of benzene rings is 2. The minimum Gasteiger partial charge on any atom is -0.507 e. The Kier molecular flexibility index (Phi) is 6.06. The molecule has 7 heteroatoms. The molecule has 2 N–H and O–H groups in total. The number of aryl methyl sites for hydroxylation is 2. The molecule has 0 unspecified atom stereocenters. The van der Waals surface area contributed by atoms with Crippen molar-refractivity contribution in [3.8, 4) is 5.75 Å². The number of aromatic nitrogens is 1. The van der Waals surface area contributed by atoms with E-state index in [0.717, 1.165) is 16.8 Å². The number of phenols is 1. The zero-order valence-corrected chi connectivity index (χ0v) is 16.4. The fourth-order valence-electron chi connectivity index (χ4n) is 2.51. The summed E-state index contributed by atoms with van der Waals surface area (Å²) in [4.78, 5) is 28.6. The van der Waals surface area contributed by atoms with Crippen molar-refractivity contribution in [2.75, 3.05) is 5.32 Å². The van der Waals surface area contributed by atoms with Gasteiger partial charge in [-0.05, 0) is 43.7 Å². The first-order valence-corrected chi connectivity index (χ1v) is 9.55. The van der Waals surface area contributed by atoms with E-state index in [-0.39, 0.29) is 30.2 Å². The molecular formula is C21H20N2O4S. The third-order valence-corrected chi connectivity index (χ3v) is 4.87. The number of rotatable bonds is 6. The number of hydrogen-bond donors (Lipinski definition) is 2. The SMILES string of the molecule is Cc1ccc(NC(=O)Cc2nc(COC(=O)c3ccc(C)cc3O)cs2)cc1. The predicted molar refractivity (Wildman–Crippen MR) is 108 cm³/mol. The number of nitrogens with one attached hydrogen (secondary N) is 1. The molecule has 0 saturated carbocycles. The van der Waals surface area contributed by atoms with Crippen LogP contribution in [-0.2, 0) is 22.6 Å². The number of ether oxygens (including phenoxy) is 1. The van der Waals surface area contributed by atoms with Crippen LogP contribution >= 0.6 is 11.3 Å². The van der Waals surface area contributed by atoms with Crippen LogP contribution in [-0.4, -0.2) is 22.0 Å². The van der Waals surface area contributed by atoms with E-state index in [1.165, 1.54) is 23.5 Å². The molecule has 6 nitrogen and oxygen atoms in total. The summed E-state index contributed by atoms with van der Waals surface area (Å²) in [5.41, 5.74) is 3.37. The average molecular weight is 396 g/mol. The Bertz CT molecular complexity index is 996. The van der Waals surface area contributed by atoms with E-state index in [2.05, 4.69) is 10.3 Å². The Morgan fingerprint density at radius 2 is 1.82 bits per heavy atom. The fraction of sp³-hybridized carbons (Fsp3) is 0.190. The third-order valence-electron chi connectivity index (χ3n) is 3.97. The summed E-state index contributed by atoms with van der Waals surface area (Å²) >= 11 is 1.33. The Balaban J connectivity index is 1.53. The number of thiazole rings is 1. The molecule has 3 rings (SSSR count). The maximum Gasteiger partial charge on any atom is 0.342 e. The molecule has 1 amide bonds. The number of esters is 1. The van der Waals surface area contributed by atoms with Crippen molar-refractivity contribution in [1.82, 2.24) is 4.98 Å². The third kappa shape index (κ3) is 5.17. The van der Waals surface area contributed by atoms with Gasteiger partial charge in [0.15, 0.2) is 0 Å². The normalized spacial score (nSPS) is 10.5. The largest absolute Gasteiger partial charge is 0.507 e. The van der Waals surface area contributed by atoms with E-state index in [0.29, 0.717) is 10.7 Å². The molecule has 28 heavy (non-hydrogen) atoms. The van der Waals surface area contributed by atoms with Gasteiger partial charge in [0.1, 0.15) is 22.9 Å². The lowest BCUT2D eigenvalue weighted by Gasteiger charge is -2.06. The number of anilines is 1. The number of amides is 1. The maximum atomic E-state index is 12.1. The highest BCUT2D eigenvalue weighted by molar-refractivity contribution is 7.09. The van der Waals surface area contributed by atoms with Crippen molar-refractivity contribution < 1.29 is 19.4 Å². The number of nitrogens with zero attached hydrogens (tertiary/aromatic N) is 1. The lowest BCUT2D eigenvalue weighted by molar-refractivity contribution is -0.115. The molecule has 3 aromatic rings. The highest BCUT2D eigenvalue weighted by Gasteiger charge is 2.14. The van der Waals surface area contributed by atoms with Crippen LogP contribution in [0.3, 0.4) is 0 Å². The molecule has 1 aromatic heterocycles. The molecule has 0 radical (unpaired) electrons. The van der Waals surface area contributed by atoms with E-state index >= 15 is 0 Å². The van der Waals surface area contributed by atoms with Gasteiger partial charge in [0.25, 0.3) is 0 Å². The number of hydrogen-bond acceptors (Lipinski definition) is 6. The van der Waals surface area contributed by atoms with Crippen LogP contribution in [0.25, 0.3) is 0 Å². The quantitative estimate of drug-likeness (QED) is 0.615. The lowest BCUT2D eigenvalue weighted by Crippen LogP contribution is -2.14. The summed E-state index contributed by atoms with van der Waals surface area (Å²) in [6.07, 6.45) is 0.144. The second-order valence-corrected chi connectivity index (χ2v) is 7.36. The van der Waals surface area contributed by atoms with E-state index in [9.17, 15) is 14.7 Å². The predicted octanol–water partition coefficient (Wildman–Crippen LogP) is 4.00. The molecule has 144 valence electrons. The van der Waals surface area contributed by atoms with Gasteiger partial charge < -0.3 is 15.2 Å². The van der Waals surface area contributed by atoms with E-state index in [1.54, 1.807) is 11.4 Å². The van der Waals surface area contributed by atoms with E-state index in [4.69, 9.17) is 4.74 Å². The monoisotopic (exact) mass is 396 g/mol. The van der Waals surface area contributed by atoms with Gasteiger partial charge in [0.2, 0.25) is 5.91 Å². The molecule has 1 heterocycles. The topological polar surface area (TPSA) is 88.5 Å². The molecule has 2 aromatic carbocycles. The number of carbonyl (C=O) groups is 2. The van der Waals surface area contributed by atoms with Crippen LogP contribution in [0.2, 0.25) is 0 Å². The van der Waals surface area contributed by atoms with Crippen LogP contribution in [0.15, 0.2) is 47.8 Å². The van der Waals surface area contributed by atoms with Crippen molar-refractivity contribution in [3.63, 3.8) is 0 Å². The van der Waals surface area contributed by atoms with Crippen LogP contribution in [0.5, 0.6) is 5.75 Å². The Labute approximate surface area is 166 Å². The molecular weight excluding hydrogens is 376 g/mol. The summed E-state index contributed by atoms with van der Waals surface area (Å²) < 4.78 is 5.20. The van der Waals surface area contributed by atoms with Crippen molar-refractivity contribution in [2.24, 2.45) is 0 Å². The number of aromatic hydroxyl groups is 1. The van der Waals surface area contributed by atoms with Crippen LogP contribution in [0.1, 0.15) is 32.2 Å².